The number of aromatic nitrogens is 6. The zero-order valence-electron chi connectivity index (χ0n) is 16.5. The van der Waals surface area contributed by atoms with E-state index in [0.29, 0.717) is 17.8 Å². The lowest BCUT2D eigenvalue weighted by Crippen LogP contribution is -2.37. The quantitative estimate of drug-likeness (QED) is 0.550. The Hall–Kier alpha value is -3.20. The third-order valence-electron chi connectivity index (χ3n) is 5.94. The molecule has 4 aromatic heterocycles. The van der Waals surface area contributed by atoms with Crippen LogP contribution in [-0.2, 0) is 4.74 Å². The second-order valence-electron chi connectivity index (χ2n) is 7.86. The average Bonchev–Trinajstić information content (AvgIpc) is 3.36. The molecular formula is C20H24N8O. The van der Waals surface area contributed by atoms with Crippen LogP contribution in [0.15, 0.2) is 36.8 Å². The third-order valence-corrected chi connectivity index (χ3v) is 5.94. The van der Waals surface area contributed by atoms with Gasteiger partial charge in [0.2, 0.25) is 5.95 Å². The first-order valence-corrected chi connectivity index (χ1v) is 9.82. The Kier molecular flexibility index (Phi) is 4.13. The summed E-state index contributed by atoms with van der Waals surface area (Å²) >= 11 is 0. The van der Waals surface area contributed by atoms with Crippen LogP contribution in [0.1, 0.15) is 32.6 Å². The summed E-state index contributed by atoms with van der Waals surface area (Å²) in [6.45, 7) is 2.17. The molecule has 0 spiro atoms. The number of hydrogen-bond acceptors (Lipinski definition) is 7. The topological polar surface area (TPSA) is 108 Å². The lowest BCUT2D eigenvalue weighted by Gasteiger charge is -2.36. The lowest BCUT2D eigenvalue weighted by atomic mass is 9.83. The highest BCUT2D eigenvalue weighted by atomic mass is 16.5. The number of nitrogens with one attached hydrogen (secondary N) is 1. The number of nitrogen functional groups attached to an aromatic ring is 1. The van der Waals surface area contributed by atoms with E-state index in [4.69, 9.17) is 10.5 Å². The molecule has 0 amide bonds. The van der Waals surface area contributed by atoms with Gasteiger partial charge in [0, 0.05) is 37.3 Å². The predicted octanol–water partition coefficient (Wildman–Crippen LogP) is 2.78. The van der Waals surface area contributed by atoms with E-state index in [0.717, 1.165) is 48.1 Å². The van der Waals surface area contributed by atoms with Crippen molar-refractivity contribution in [2.45, 2.75) is 44.2 Å². The Morgan fingerprint density at radius 1 is 1.14 bits per heavy atom. The van der Waals surface area contributed by atoms with E-state index in [1.54, 1.807) is 22.3 Å². The number of nitrogens with two attached hydrogens (primary N) is 1. The number of fused-ring (bicyclic) bond motifs is 2. The van der Waals surface area contributed by atoms with Crippen molar-refractivity contribution >= 4 is 22.9 Å². The van der Waals surface area contributed by atoms with Gasteiger partial charge in [-0.05, 0) is 50.8 Å². The molecule has 9 nitrogen and oxygen atoms in total. The molecule has 0 radical (unpaired) electrons. The highest BCUT2D eigenvalue weighted by Gasteiger charge is 2.31. The van der Waals surface area contributed by atoms with Gasteiger partial charge in [-0.2, -0.15) is 10.1 Å². The van der Waals surface area contributed by atoms with Gasteiger partial charge in [-0.1, -0.05) is 0 Å². The molecule has 0 unspecified atom stereocenters. The summed E-state index contributed by atoms with van der Waals surface area (Å²) in [6.07, 6.45) is 9.47. The minimum atomic E-state index is -0.0271. The molecule has 150 valence electrons. The molecule has 1 fully saturated rings. The first-order valence-electron chi connectivity index (χ1n) is 9.82. The Bertz CT molecular complexity index is 1170. The smallest absolute Gasteiger partial charge is 0.243 e. The molecule has 29 heavy (non-hydrogen) atoms. The van der Waals surface area contributed by atoms with E-state index in [1.807, 2.05) is 30.6 Å². The number of hydrogen-bond donors (Lipinski definition) is 2. The summed E-state index contributed by atoms with van der Waals surface area (Å²) < 4.78 is 9.13. The fourth-order valence-electron chi connectivity index (χ4n) is 4.04. The highest BCUT2D eigenvalue weighted by Crippen LogP contribution is 2.32. The molecule has 0 atom stereocenters. The SMILES string of the molecule is COC1(C)CCC(Nc2nc(N)c3c(-c4ccc5nccn5n4)ccn3n2)CC1. The van der Waals surface area contributed by atoms with E-state index >= 15 is 0 Å². The van der Waals surface area contributed by atoms with Crippen molar-refractivity contribution in [2.75, 3.05) is 18.2 Å². The second-order valence-corrected chi connectivity index (χ2v) is 7.86. The summed E-state index contributed by atoms with van der Waals surface area (Å²) in [5.41, 5.74) is 9.52. The zero-order valence-corrected chi connectivity index (χ0v) is 16.5. The maximum atomic E-state index is 6.32. The van der Waals surface area contributed by atoms with Crippen LogP contribution in [0.5, 0.6) is 0 Å². The minimum Gasteiger partial charge on any atom is -0.382 e. The van der Waals surface area contributed by atoms with E-state index < -0.39 is 0 Å². The molecule has 1 aliphatic carbocycles. The van der Waals surface area contributed by atoms with Gasteiger partial charge in [0.15, 0.2) is 11.5 Å². The largest absolute Gasteiger partial charge is 0.382 e. The molecule has 5 rings (SSSR count). The van der Waals surface area contributed by atoms with Crippen LogP contribution in [0, 0.1) is 0 Å². The standard InChI is InChI=1S/C20H24N8O/c1-20(29-2)8-5-13(6-9-20)23-19-24-18(21)17-14(7-11-28(17)26-19)15-3-4-16-22-10-12-27(16)25-15/h3-4,7,10-13H,5-6,8-9H2,1-2H3,(H3,21,23,24,26). The molecule has 0 saturated heterocycles. The Morgan fingerprint density at radius 2 is 1.97 bits per heavy atom. The molecule has 1 saturated carbocycles. The summed E-state index contributed by atoms with van der Waals surface area (Å²) in [6, 6.07) is 6.13. The van der Waals surface area contributed by atoms with Crippen LogP contribution in [0.25, 0.3) is 22.4 Å². The molecule has 0 bridgehead atoms. The van der Waals surface area contributed by atoms with Crippen molar-refractivity contribution in [3.05, 3.63) is 36.8 Å². The molecule has 3 N–H and O–H groups in total. The molecule has 9 heteroatoms. The van der Waals surface area contributed by atoms with Crippen LogP contribution in [0.4, 0.5) is 11.8 Å². The fraction of sp³-hybridized carbons (Fsp3) is 0.400. The van der Waals surface area contributed by atoms with Gasteiger partial charge in [0.1, 0.15) is 5.52 Å². The van der Waals surface area contributed by atoms with Crippen molar-refractivity contribution in [3.8, 4) is 11.3 Å². The Balaban J connectivity index is 1.43. The number of nitrogens with zero attached hydrogens (tertiary/aromatic N) is 6. The van der Waals surface area contributed by atoms with Crippen molar-refractivity contribution in [2.24, 2.45) is 0 Å². The summed E-state index contributed by atoms with van der Waals surface area (Å²) in [7, 11) is 1.79. The number of methoxy groups -OCH3 is 1. The molecular weight excluding hydrogens is 368 g/mol. The van der Waals surface area contributed by atoms with Gasteiger partial charge < -0.3 is 15.8 Å². The van der Waals surface area contributed by atoms with Crippen molar-refractivity contribution < 1.29 is 4.74 Å². The van der Waals surface area contributed by atoms with Gasteiger partial charge in [0.25, 0.3) is 0 Å². The summed E-state index contributed by atoms with van der Waals surface area (Å²) in [5.74, 6) is 0.966. The summed E-state index contributed by atoms with van der Waals surface area (Å²) in [4.78, 5) is 8.75. The third kappa shape index (κ3) is 3.17. The Labute approximate surface area is 167 Å². The molecule has 0 aromatic carbocycles. The van der Waals surface area contributed by atoms with Crippen LogP contribution in [0.3, 0.4) is 0 Å². The molecule has 1 aliphatic rings. The minimum absolute atomic E-state index is 0.0271. The van der Waals surface area contributed by atoms with E-state index in [2.05, 4.69) is 32.4 Å². The van der Waals surface area contributed by atoms with E-state index in [-0.39, 0.29) is 5.60 Å². The number of imidazole rings is 1. The first kappa shape index (κ1) is 17.9. The number of rotatable bonds is 4. The number of anilines is 2. The van der Waals surface area contributed by atoms with Gasteiger partial charge in [-0.15, -0.1) is 5.10 Å². The highest BCUT2D eigenvalue weighted by molar-refractivity contribution is 5.86. The molecule has 4 aromatic rings. The second kappa shape index (κ2) is 6.70. The maximum Gasteiger partial charge on any atom is 0.243 e. The summed E-state index contributed by atoms with van der Waals surface area (Å²) in [5, 5.41) is 12.7. The monoisotopic (exact) mass is 392 g/mol. The van der Waals surface area contributed by atoms with Crippen LogP contribution in [0.2, 0.25) is 0 Å². The van der Waals surface area contributed by atoms with Gasteiger partial charge in [0.05, 0.1) is 11.3 Å². The Morgan fingerprint density at radius 3 is 2.76 bits per heavy atom. The number of ether oxygens (including phenoxy) is 1. The molecule has 0 aliphatic heterocycles. The first-order chi connectivity index (χ1) is 14.0. The normalized spacial score (nSPS) is 22.3. The maximum absolute atomic E-state index is 6.32. The van der Waals surface area contributed by atoms with E-state index in [1.165, 1.54) is 0 Å². The van der Waals surface area contributed by atoms with Crippen LogP contribution < -0.4 is 11.1 Å². The van der Waals surface area contributed by atoms with Crippen molar-refractivity contribution in [3.63, 3.8) is 0 Å². The van der Waals surface area contributed by atoms with Gasteiger partial charge in [-0.25, -0.2) is 14.0 Å². The zero-order chi connectivity index (χ0) is 20.0. The average molecular weight is 392 g/mol. The predicted molar refractivity (Wildman–Crippen MR) is 111 cm³/mol. The van der Waals surface area contributed by atoms with Crippen molar-refractivity contribution in [1.29, 1.82) is 0 Å². The van der Waals surface area contributed by atoms with Crippen LogP contribution in [-0.4, -0.2) is 47.9 Å². The molecule has 4 heterocycles. The van der Waals surface area contributed by atoms with Gasteiger partial charge >= 0.3 is 0 Å². The fourth-order valence-corrected chi connectivity index (χ4v) is 4.04. The van der Waals surface area contributed by atoms with Gasteiger partial charge in [-0.3, -0.25) is 0 Å². The van der Waals surface area contributed by atoms with E-state index in [9.17, 15) is 0 Å². The lowest BCUT2D eigenvalue weighted by molar-refractivity contribution is -0.0253. The van der Waals surface area contributed by atoms with Crippen LogP contribution >= 0.6 is 0 Å². The van der Waals surface area contributed by atoms with Crippen molar-refractivity contribution in [1.82, 2.24) is 29.2 Å².